The molecule has 0 aromatic heterocycles. The van der Waals surface area contributed by atoms with Crippen molar-refractivity contribution in [2.75, 3.05) is 18.6 Å². The summed E-state index contributed by atoms with van der Waals surface area (Å²) in [6.45, 7) is 0.188. The fourth-order valence-electron chi connectivity index (χ4n) is 0.0707. The fraction of sp³-hybridized carbons (Fsp3) is 1.00. The standard InChI is InChI=1S/C3H8O2.CH2Cl2/c4-2-1-3-5;2-1-3/h4-5H,1-3H2;1H2. The predicted octanol–water partition coefficient (Wildman–Crippen LogP) is 0.783. The van der Waals surface area contributed by atoms with Crippen molar-refractivity contribution in [1.82, 2.24) is 0 Å². The number of hydrogen-bond acceptors (Lipinski definition) is 2. The minimum Gasteiger partial charge on any atom is -0.396 e. The second-order valence-corrected chi connectivity index (χ2v) is 1.71. The fourth-order valence-corrected chi connectivity index (χ4v) is 0.0707. The molecule has 2 nitrogen and oxygen atoms in total. The molecule has 0 fully saturated rings. The van der Waals surface area contributed by atoms with E-state index >= 15 is 0 Å². The minimum absolute atomic E-state index is 0.0938. The third kappa shape index (κ3) is 31.5. The van der Waals surface area contributed by atoms with Gasteiger partial charge in [-0.15, -0.1) is 23.2 Å². The van der Waals surface area contributed by atoms with Crippen molar-refractivity contribution in [2.45, 2.75) is 6.42 Å². The molecule has 0 aliphatic carbocycles. The van der Waals surface area contributed by atoms with Gasteiger partial charge in [-0.2, -0.15) is 0 Å². The summed E-state index contributed by atoms with van der Waals surface area (Å²) in [4.78, 5) is 0. The van der Waals surface area contributed by atoms with Gasteiger partial charge in [0.25, 0.3) is 0 Å². The van der Waals surface area contributed by atoms with Crippen LogP contribution < -0.4 is 0 Å². The molecule has 0 aromatic rings. The Morgan fingerprint density at radius 3 is 1.25 bits per heavy atom. The van der Waals surface area contributed by atoms with E-state index in [-0.39, 0.29) is 18.6 Å². The van der Waals surface area contributed by atoms with E-state index in [1.807, 2.05) is 0 Å². The Kier molecular flexibility index (Phi) is 22.1. The molecule has 0 saturated heterocycles. The van der Waals surface area contributed by atoms with E-state index < -0.39 is 0 Å². The lowest BCUT2D eigenvalue weighted by Crippen LogP contribution is -1.85. The zero-order chi connectivity index (χ0) is 6.83. The zero-order valence-electron chi connectivity index (χ0n) is 4.48. The molecule has 0 aliphatic rings. The van der Waals surface area contributed by atoms with Gasteiger partial charge in [-0.25, -0.2) is 0 Å². The van der Waals surface area contributed by atoms with Crippen LogP contribution in [0.4, 0.5) is 0 Å². The van der Waals surface area contributed by atoms with E-state index in [2.05, 4.69) is 0 Å². The molecule has 52 valence electrons. The molecule has 0 atom stereocenters. The lowest BCUT2D eigenvalue weighted by atomic mass is 10.5. The van der Waals surface area contributed by atoms with Crippen LogP contribution in [0.1, 0.15) is 6.42 Å². The molecule has 8 heavy (non-hydrogen) atoms. The Morgan fingerprint density at radius 2 is 1.25 bits per heavy atom. The number of halogens is 2. The second-order valence-electron chi connectivity index (χ2n) is 0.902. The van der Waals surface area contributed by atoms with Crippen molar-refractivity contribution in [3.05, 3.63) is 0 Å². The summed E-state index contributed by atoms with van der Waals surface area (Å²) in [5.41, 5.74) is 0. The Bertz CT molecular complexity index is 26.0. The third-order valence-corrected chi connectivity index (χ3v) is 0.316. The molecule has 0 heterocycles. The largest absolute Gasteiger partial charge is 0.396 e. The number of alkyl halides is 2. The highest BCUT2D eigenvalue weighted by Gasteiger charge is 1.70. The summed E-state index contributed by atoms with van der Waals surface area (Å²) < 4.78 is 0. The maximum atomic E-state index is 7.91. The van der Waals surface area contributed by atoms with E-state index in [0.717, 1.165) is 0 Å². The normalized spacial score (nSPS) is 7.50. The Balaban J connectivity index is 0. The van der Waals surface area contributed by atoms with Crippen LogP contribution in [0.15, 0.2) is 0 Å². The maximum absolute atomic E-state index is 7.91. The molecule has 0 aromatic carbocycles. The molecule has 0 radical (unpaired) electrons. The van der Waals surface area contributed by atoms with Crippen molar-refractivity contribution < 1.29 is 10.2 Å². The highest BCUT2D eigenvalue weighted by Crippen LogP contribution is 1.73. The van der Waals surface area contributed by atoms with E-state index in [4.69, 9.17) is 33.4 Å². The molecule has 0 unspecified atom stereocenters. The van der Waals surface area contributed by atoms with Gasteiger partial charge >= 0.3 is 0 Å². The van der Waals surface area contributed by atoms with Crippen molar-refractivity contribution in [2.24, 2.45) is 0 Å². The van der Waals surface area contributed by atoms with Crippen LogP contribution in [0.25, 0.3) is 0 Å². The van der Waals surface area contributed by atoms with Crippen molar-refractivity contribution in [3.63, 3.8) is 0 Å². The van der Waals surface area contributed by atoms with Gasteiger partial charge in [-0.1, -0.05) is 0 Å². The van der Waals surface area contributed by atoms with Crippen LogP contribution in [-0.4, -0.2) is 28.8 Å². The van der Waals surface area contributed by atoms with E-state index in [1.165, 1.54) is 0 Å². The van der Waals surface area contributed by atoms with Gasteiger partial charge in [0.2, 0.25) is 0 Å². The maximum Gasteiger partial charge on any atom is 0.0967 e. The smallest absolute Gasteiger partial charge is 0.0967 e. The first-order valence-electron chi connectivity index (χ1n) is 2.17. The molecule has 4 heteroatoms. The van der Waals surface area contributed by atoms with Crippen LogP contribution in [0, 0.1) is 0 Å². The van der Waals surface area contributed by atoms with E-state index in [0.29, 0.717) is 6.42 Å². The van der Waals surface area contributed by atoms with Crippen molar-refractivity contribution >= 4 is 23.2 Å². The van der Waals surface area contributed by atoms with E-state index in [1.54, 1.807) is 0 Å². The molecular weight excluding hydrogens is 151 g/mol. The molecular formula is C4H10Cl2O2. The Labute approximate surface area is 59.0 Å². The molecule has 0 aliphatic heterocycles. The lowest BCUT2D eigenvalue weighted by Gasteiger charge is -1.79. The summed E-state index contributed by atoms with van der Waals surface area (Å²) in [6, 6.07) is 0. The first-order chi connectivity index (χ1) is 3.83. The average molecular weight is 161 g/mol. The zero-order valence-corrected chi connectivity index (χ0v) is 5.99. The van der Waals surface area contributed by atoms with Crippen LogP contribution in [-0.2, 0) is 0 Å². The van der Waals surface area contributed by atoms with Crippen LogP contribution in [0.2, 0.25) is 0 Å². The number of hydrogen-bond donors (Lipinski definition) is 2. The van der Waals surface area contributed by atoms with Crippen LogP contribution >= 0.6 is 23.2 Å². The summed E-state index contributed by atoms with van der Waals surface area (Å²) in [6.07, 6.45) is 0.500. The first kappa shape index (κ1) is 11.3. The summed E-state index contributed by atoms with van der Waals surface area (Å²) in [7, 11) is 0. The monoisotopic (exact) mass is 160 g/mol. The number of aliphatic hydroxyl groups is 2. The molecule has 0 amide bonds. The average Bonchev–Trinajstić information content (AvgIpc) is 1.71. The second kappa shape index (κ2) is 15.6. The topological polar surface area (TPSA) is 40.5 Å². The highest BCUT2D eigenvalue weighted by molar-refractivity contribution is 6.40. The van der Waals surface area contributed by atoms with Crippen LogP contribution in [0.3, 0.4) is 0 Å². The first-order valence-corrected chi connectivity index (χ1v) is 3.24. The third-order valence-electron chi connectivity index (χ3n) is 0.316. The summed E-state index contributed by atoms with van der Waals surface area (Å²) >= 11 is 9.53. The van der Waals surface area contributed by atoms with Gasteiger partial charge in [0.1, 0.15) is 0 Å². The van der Waals surface area contributed by atoms with Gasteiger partial charge in [0.05, 0.1) is 5.34 Å². The Morgan fingerprint density at radius 1 is 1.00 bits per heavy atom. The minimum atomic E-state index is 0.0938. The van der Waals surface area contributed by atoms with Gasteiger partial charge in [0.15, 0.2) is 0 Å². The quantitative estimate of drug-likeness (QED) is 0.587. The lowest BCUT2D eigenvalue weighted by molar-refractivity contribution is 0.221. The highest BCUT2D eigenvalue weighted by atomic mass is 35.5. The number of aliphatic hydroxyl groups excluding tert-OH is 2. The van der Waals surface area contributed by atoms with Crippen LogP contribution in [0.5, 0.6) is 0 Å². The predicted molar refractivity (Wildman–Crippen MR) is 35.4 cm³/mol. The van der Waals surface area contributed by atoms with Gasteiger partial charge in [-0.05, 0) is 6.42 Å². The van der Waals surface area contributed by atoms with Crippen molar-refractivity contribution in [3.8, 4) is 0 Å². The molecule has 0 saturated carbocycles. The van der Waals surface area contributed by atoms with E-state index in [9.17, 15) is 0 Å². The summed E-state index contributed by atoms with van der Waals surface area (Å²) in [5, 5.41) is 16.0. The molecule has 0 bridgehead atoms. The molecule has 0 spiro atoms. The van der Waals surface area contributed by atoms with Gasteiger partial charge in [0, 0.05) is 13.2 Å². The van der Waals surface area contributed by atoms with Gasteiger partial charge < -0.3 is 10.2 Å². The van der Waals surface area contributed by atoms with Gasteiger partial charge in [-0.3, -0.25) is 0 Å². The number of rotatable bonds is 2. The summed E-state index contributed by atoms with van der Waals surface area (Å²) in [5.74, 6) is 0. The SMILES string of the molecule is ClCCl.OCCCO. The molecule has 0 rings (SSSR count). The van der Waals surface area contributed by atoms with Crippen molar-refractivity contribution in [1.29, 1.82) is 0 Å². The molecule has 2 N–H and O–H groups in total. The Hall–Kier alpha value is 0.500.